The summed E-state index contributed by atoms with van der Waals surface area (Å²) in [6, 6.07) is 0. The van der Waals surface area contributed by atoms with Crippen molar-refractivity contribution < 1.29 is 28.6 Å². The minimum absolute atomic E-state index is 0.0632. The van der Waals surface area contributed by atoms with Crippen LogP contribution in [-0.2, 0) is 28.6 Å². The van der Waals surface area contributed by atoms with Gasteiger partial charge in [0.05, 0.1) is 0 Å². The molecule has 0 radical (unpaired) electrons. The van der Waals surface area contributed by atoms with Gasteiger partial charge in [-0.25, -0.2) is 0 Å². The summed E-state index contributed by atoms with van der Waals surface area (Å²) >= 11 is 0. The predicted octanol–water partition coefficient (Wildman–Crippen LogP) is 20.7. The number of carbonyl (C=O) groups excluding carboxylic acids is 3. The lowest BCUT2D eigenvalue weighted by atomic mass is 9.99. The summed E-state index contributed by atoms with van der Waals surface area (Å²) in [6.07, 6.45) is 58.2. The van der Waals surface area contributed by atoms with Gasteiger partial charge in [0.15, 0.2) is 6.10 Å². The average molecular weight is 976 g/mol. The van der Waals surface area contributed by atoms with Gasteiger partial charge in [0.2, 0.25) is 0 Å². The summed E-state index contributed by atoms with van der Waals surface area (Å²) in [5.41, 5.74) is 0. The lowest BCUT2D eigenvalue weighted by Crippen LogP contribution is -2.30. The average Bonchev–Trinajstić information content (AvgIpc) is 3.32. The van der Waals surface area contributed by atoms with Gasteiger partial charge in [0, 0.05) is 19.3 Å². The second kappa shape index (κ2) is 54.2. The maximum atomic E-state index is 12.9. The molecule has 6 nitrogen and oxygen atoms in total. The van der Waals surface area contributed by atoms with E-state index in [1.54, 1.807) is 0 Å². The van der Waals surface area contributed by atoms with Crippen molar-refractivity contribution in [2.24, 2.45) is 17.8 Å². The molecule has 1 unspecified atom stereocenters. The molecular weight excluding hydrogens is 853 g/mol. The fourth-order valence-electron chi connectivity index (χ4n) is 9.67. The number of carbonyl (C=O) groups is 3. The monoisotopic (exact) mass is 975 g/mol. The fourth-order valence-corrected chi connectivity index (χ4v) is 9.67. The number of esters is 3. The molecule has 0 bridgehead atoms. The molecule has 0 aliphatic rings. The number of hydrogen-bond acceptors (Lipinski definition) is 6. The summed E-state index contributed by atoms with van der Waals surface area (Å²) < 4.78 is 16.9. The Balaban J connectivity index is 4.25. The number of unbranched alkanes of at least 4 members (excludes halogenated alkanes) is 38. The Morgan fingerprint density at radius 3 is 0.754 bits per heavy atom. The van der Waals surface area contributed by atoms with Gasteiger partial charge >= 0.3 is 17.9 Å². The molecule has 410 valence electrons. The summed E-state index contributed by atoms with van der Waals surface area (Å²) in [5.74, 6) is 1.71. The quantitative estimate of drug-likeness (QED) is 0.0343. The molecule has 0 aromatic rings. The molecule has 0 heterocycles. The van der Waals surface area contributed by atoms with Crippen LogP contribution in [0.1, 0.15) is 350 Å². The van der Waals surface area contributed by atoms with Crippen LogP contribution < -0.4 is 0 Å². The van der Waals surface area contributed by atoms with Crippen LogP contribution in [0.25, 0.3) is 0 Å². The summed E-state index contributed by atoms with van der Waals surface area (Å²) in [5, 5.41) is 0. The zero-order valence-electron chi connectivity index (χ0n) is 47.6. The topological polar surface area (TPSA) is 78.9 Å². The molecule has 0 aromatic heterocycles. The molecule has 0 spiro atoms. The maximum Gasteiger partial charge on any atom is 0.306 e. The van der Waals surface area contributed by atoms with Crippen molar-refractivity contribution in [2.45, 2.75) is 356 Å². The van der Waals surface area contributed by atoms with Gasteiger partial charge in [-0.3, -0.25) is 14.4 Å². The highest BCUT2D eigenvalue weighted by atomic mass is 16.6. The number of rotatable bonds is 56. The smallest absolute Gasteiger partial charge is 0.306 e. The van der Waals surface area contributed by atoms with Crippen LogP contribution in [0.3, 0.4) is 0 Å². The molecule has 6 heteroatoms. The highest BCUT2D eigenvalue weighted by Gasteiger charge is 2.19. The Kier molecular flexibility index (Phi) is 52.9. The Morgan fingerprint density at radius 1 is 0.290 bits per heavy atom. The second-order valence-corrected chi connectivity index (χ2v) is 22.9. The third-order valence-electron chi connectivity index (χ3n) is 14.8. The van der Waals surface area contributed by atoms with Crippen molar-refractivity contribution in [3.63, 3.8) is 0 Å². The van der Waals surface area contributed by atoms with E-state index in [2.05, 4.69) is 41.5 Å². The third-order valence-corrected chi connectivity index (χ3v) is 14.8. The van der Waals surface area contributed by atoms with Gasteiger partial charge in [-0.1, -0.05) is 311 Å². The van der Waals surface area contributed by atoms with Crippen molar-refractivity contribution in [1.29, 1.82) is 0 Å². The van der Waals surface area contributed by atoms with E-state index in [1.807, 2.05) is 0 Å². The van der Waals surface area contributed by atoms with Crippen LogP contribution in [-0.4, -0.2) is 37.2 Å². The van der Waals surface area contributed by atoms with E-state index in [0.717, 1.165) is 75.5 Å². The first-order chi connectivity index (χ1) is 33.6. The van der Waals surface area contributed by atoms with E-state index >= 15 is 0 Å². The van der Waals surface area contributed by atoms with Crippen molar-refractivity contribution in [1.82, 2.24) is 0 Å². The van der Waals surface area contributed by atoms with Gasteiger partial charge in [-0.05, 0) is 37.0 Å². The van der Waals surface area contributed by atoms with E-state index in [4.69, 9.17) is 14.2 Å². The van der Waals surface area contributed by atoms with Crippen LogP contribution in [0.15, 0.2) is 0 Å². The largest absolute Gasteiger partial charge is 0.462 e. The first-order valence-electron chi connectivity index (χ1n) is 31.1. The molecule has 69 heavy (non-hydrogen) atoms. The Hall–Kier alpha value is -1.59. The Morgan fingerprint density at radius 2 is 0.507 bits per heavy atom. The molecule has 0 rings (SSSR count). The molecule has 0 amide bonds. The maximum absolute atomic E-state index is 12.9. The van der Waals surface area contributed by atoms with E-state index in [1.165, 1.54) is 231 Å². The molecule has 0 aliphatic heterocycles. The van der Waals surface area contributed by atoms with Gasteiger partial charge in [-0.2, -0.15) is 0 Å². The zero-order chi connectivity index (χ0) is 50.5. The lowest BCUT2D eigenvalue weighted by molar-refractivity contribution is -0.167. The van der Waals surface area contributed by atoms with Crippen LogP contribution in [0.2, 0.25) is 0 Å². The predicted molar refractivity (Wildman–Crippen MR) is 298 cm³/mol. The first-order valence-corrected chi connectivity index (χ1v) is 31.1. The standard InChI is InChI=1S/C63H122O6/c1-7-59(6)51-45-39-33-29-30-35-41-47-53-62(65)68-56-60(69-63(66)54-48-42-36-28-24-20-16-12-14-18-22-26-32-38-44-50-58(4)5)55-67-61(64)52-46-40-34-27-23-19-15-11-9-8-10-13-17-21-25-31-37-43-49-57(2)3/h57-60H,7-56H2,1-6H3/t59?,60-/m0/s1. The van der Waals surface area contributed by atoms with Crippen molar-refractivity contribution >= 4 is 17.9 Å². The first kappa shape index (κ1) is 67.4. The fraction of sp³-hybridized carbons (Fsp3) is 0.952. The van der Waals surface area contributed by atoms with Crippen LogP contribution in [0, 0.1) is 17.8 Å². The molecular formula is C63H122O6. The minimum atomic E-state index is -0.764. The third kappa shape index (κ3) is 55.6. The Labute approximate surface area is 431 Å². The molecule has 2 atom stereocenters. The highest BCUT2D eigenvalue weighted by Crippen LogP contribution is 2.19. The summed E-state index contributed by atoms with van der Waals surface area (Å²) in [6.45, 7) is 13.8. The molecule has 0 N–H and O–H groups in total. The van der Waals surface area contributed by atoms with Gasteiger partial charge in [-0.15, -0.1) is 0 Å². The second-order valence-electron chi connectivity index (χ2n) is 22.9. The van der Waals surface area contributed by atoms with Crippen LogP contribution in [0.5, 0.6) is 0 Å². The van der Waals surface area contributed by atoms with Gasteiger partial charge < -0.3 is 14.2 Å². The van der Waals surface area contributed by atoms with E-state index in [9.17, 15) is 14.4 Å². The van der Waals surface area contributed by atoms with Crippen molar-refractivity contribution in [3.05, 3.63) is 0 Å². The summed E-state index contributed by atoms with van der Waals surface area (Å²) in [7, 11) is 0. The summed E-state index contributed by atoms with van der Waals surface area (Å²) in [4.78, 5) is 38.2. The molecule has 0 saturated heterocycles. The molecule has 0 saturated carbocycles. The zero-order valence-corrected chi connectivity index (χ0v) is 47.6. The molecule has 0 aliphatic carbocycles. The SMILES string of the molecule is CCC(C)CCCCCCCCCCC(=O)OC[C@H](COC(=O)CCCCCCCCCCCCCCCCCCCCC(C)C)OC(=O)CCCCCCCCCCCCCCCCCC(C)C. The van der Waals surface area contributed by atoms with E-state index in [0.29, 0.717) is 19.3 Å². The van der Waals surface area contributed by atoms with Crippen LogP contribution in [0.4, 0.5) is 0 Å². The van der Waals surface area contributed by atoms with Crippen molar-refractivity contribution in [3.8, 4) is 0 Å². The molecule has 0 aromatic carbocycles. The normalized spacial score (nSPS) is 12.5. The van der Waals surface area contributed by atoms with Crippen molar-refractivity contribution in [2.75, 3.05) is 13.2 Å². The van der Waals surface area contributed by atoms with E-state index in [-0.39, 0.29) is 31.1 Å². The molecule has 0 fully saturated rings. The van der Waals surface area contributed by atoms with Gasteiger partial charge in [0.25, 0.3) is 0 Å². The van der Waals surface area contributed by atoms with E-state index < -0.39 is 6.10 Å². The number of hydrogen-bond donors (Lipinski definition) is 0. The highest BCUT2D eigenvalue weighted by molar-refractivity contribution is 5.71. The Bertz CT molecular complexity index is 1070. The minimum Gasteiger partial charge on any atom is -0.462 e. The lowest BCUT2D eigenvalue weighted by Gasteiger charge is -2.18. The van der Waals surface area contributed by atoms with Crippen LogP contribution >= 0.6 is 0 Å². The van der Waals surface area contributed by atoms with Gasteiger partial charge in [0.1, 0.15) is 13.2 Å². The number of ether oxygens (including phenoxy) is 3.